The summed E-state index contributed by atoms with van der Waals surface area (Å²) in [7, 11) is 0. The summed E-state index contributed by atoms with van der Waals surface area (Å²) >= 11 is 6.12. The van der Waals surface area contributed by atoms with Crippen LogP contribution in [0.3, 0.4) is 0 Å². The minimum atomic E-state index is -4.53. The molecule has 0 saturated heterocycles. The van der Waals surface area contributed by atoms with Crippen molar-refractivity contribution in [1.82, 2.24) is 5.43 Å². The van der Waals surface area contributed by atoms with Crippen molar-refractivity contribution in [2.24, 2.45) is 5.10 Å². The second kappa shape index (κ2) is 9.45. The number of hydrogen-bond donors (Lipinski definition) is 1. The van der Waals surface area contributed by atoms with Gasteiger partial charge >= 0.3 is 6.18 Å². The summed E-state index contributed by atoms with van der Waals surface area (Å²) in [5, 5.41) is 4.41. The van der Waals surface area contributed by atoms with Crippen LogP contribution in [0, 0.1) is 0 Å². The molecule has 30 heavy (non-hydrogen) atoms. The van der Waals surface area contributed by atoms with Gasteiger partial charge in [0.05, 0.1) is 11.8 Å². The fourth-order valence-electron chi connectivity index (χ4n) is 2.55. The number of ether oxygens (including phenoxy) is 1. The zero-order valence-corrected chi connectivity index (χ0v) is 16.2. The maximum atomic E-state index is 12.8. The normalized spacial score (nSPS) is 11.5. The highest BCUT2D eigenvalue weighted by Crippen LogP contribution is 2.29. The molecular weight excluding hydrogens is 417 g/mol. The fraction of sp³-hybridized carbons (Fsp3) is 0.0909. The van der Waals surface area contributed by atoms with Crippen LogP contribution in [0.1, 0.15) is 27.0 Å². The minimum absolute atomic E-state index is 0.148. The predicted molar refractivity (Wildman–Crippen MR) is 109 cm³/mol. The van der Waals surface area contributed by atoms with E-state index in [1.807, 2.05) is 18.2 Å². The van der Waals surface area contributed by atoms with E-state index in [0.717, 1.165) is 17.7 Å². The number of alkyl halides is 3. The van der Waals surface area contributed by atoms with Gasteiger partial charge in [0.25, 0.3) is 5.91 Å². The molecule has 0 spiro atoms. The third-order valence-electron chi connectivity index (χ3n) is 4.08. The number of para-hydroxylation sites is 1. The molecule has 3 rings (SSSR count). The minimum Gasteiger partial charge on any atom is -0.488 e. The monoisotopic (exact) mass is 432 g/mol. The van der Waals surface area contributed by atoms with Crippen LogP contribution in [0.2, 0.25) is 5.02 Å². The molecule has 0 aliphatic carbocycles. The van der Waals surface area contributed by atoms with Crippen LogP contribution in [0.15, 0.2) is 77.9 Å². The Balaban J connectivity index is 1.67. The third-order valence-corrected chi connectivity index (χ3v) is 4.45. The summed E-state index contributed by atoms with van der Waals surface area (Å²) in [5.74, 6) is -0.249. The average Bonchev–Trinajstić information content (AvgIpc) is 2.73. The summed E-state index contributed by atoms with van der Waals surface area (Å²) in [4.78, 5) is 12.1. The van der Waals surface area contributed by atoms with E-state index in [9.17, 15) is 18.0 Å². The first-order valence-corrected chi connectivity index (χ1v) is 9.18. The summed E-state index contributed by atoms with van der Waals surface area (Å²) in [6.07, 6.45) is -3.18. The number of hydrazone groups is 1. The molecule has 0 aliphatic heterocycles. The van der Waals surface area contributed by atoms with Gasteiger partial charge < -0.3 is 4.74 Å². The van der Waals surface area contributed by atoms with Crippen molar-refractivity contribution in [2.45, 2.75) is 12.8 Å². The molecule has 8 heteroatoms. The number of carbonyl (C=O) groups excluding carboxylic acids is 1. The van der Waals surface area contributed by atoms with Gasteiger partial charge in [0, 0.05) is 21.7 Å². The third kappa shape index (κ3) is 5.61. The zero-order valence-electron chi connectivity index (χ0n) is 15.5. The molecule has 0 aromatic heterocycles. The van der Waals surface area contributed by atoms with Crippen LogP contribution in [0.5, 0.6) is 5.75 Å². The van der Waals surface area contributed by atoms with Crippen molar-refractivity contribution >= 4 is 23.7 Å². The predicted octanol–water partition coefficient (Wildman–Crippen LogP) is 5.70. The molecule has 3 aromatic carbocycles. The lowest BCUT2D eigenvalue weighted by atomic mass is 10.1. The number of rotatable bonds is 6. The van der Waals surface area contributed by atoms with Crippen LogP contribution >= 0.6 is 11.6 Å². The van der Waals surface area contributed by atoms with E-state index in [1.54, 1.807) is 30.3 Å². The molecule has 3 aromatic rings. The molecule has 0 saturated carbocycles. The maximum absolute atomic E-state index is 12.8. The molecule has 0 heterocycles. The van der Waals surface area contributed by atoms with Crippen molar-refractivity contribution in [1.29, 1.82) is 0 Å². The average molecular weight is 433 g/mol. The second-order valence-electron chi connectivity index (χ2n) is 6.20. The van der Waals surface area contributed by atoms with Crippen LogP contribution in [-0.4, -0.2) is 12.1 Å². The largest absolute Gasteiger partial charge is 0.488 e. The number of hydrogen-bond acceptors (Lipinski definition) is 3. The fourth-order valence-corrected chi connectivity index (χ4v) is 2.74. The number of nitrogens with zero attached hydrogens (tertiary/aromatic N) is 1. The highest BCUT2D eigenvalue weighted by atomic mass is 35.5. The van der Waals surface area contributed by atoms with Crippen molar-refractivity contribution in [3.8, 4) is 5.75 Å². The number of carbonyl (C=O) groups is 1. The molecular formula is C22H16ClF3N2O2. The van der Waals surface area contributed by atoms with Gasteiger partial charge in [-0.05, 0) is 36.4 Å². The summed E-state index contributed by atoms with van der Waals surface area (Å²) in [6, 6.07) is 18.4. The maximum Gasteiger partial charge on any atom is 0.416 e. The lowest BCUT2D eigenvalue weighted by molar-refractivity contribution is -0.137. The van der Waals surface area contributed by atoms with Gasteiger partial charge in [0.15, 0.2) is 0 Å². The van der Waals surface area contributed by atoms with Crippen molar-refractivity contribution in [3.63, 3.8) is 0 Å². The van der Waals surface area contributed by atoms with Crippen molar-refractivity contribution in [2.75, 3.05) is 0 Å². The quantitative estimate of drug-likeness (QED) is 0.401. The number of amides is 1. The number of benzene rings is 3. The zero-order chi connectivity index (χ0) is 21.6. The van der Waals surface area contributed by atoms with Gasteiger partial charge in [-0.1, -0.05) is 48.0 Å². The Hall–Kier alpha value is -3.32. The van der Waals surface area contributed by atoms with Gasteiger partial charge in [0.1, 0.15) is 12.4 Å². The summed E-state index contributed by atoms with van der Waals surface area (Å²) in [6.45, 7) is 0.237. The van der Waals surface area contributed by atoms with Crippen LogP contribution < -0.4 is 10.2 Å². The van der Waals surface area contributed by atoms with Gasteiger partial charge in [-0.25, -0.2) is 5.43 Å². The van der Waals surface area contributed by atoms with E-state index >= 15 is 0 Å². The van der Waals surface area contributed by atoms with Crippen LogP contribution in [-0.2, 0) is 12.8 Å². The molecule has 1 amide bonds. The molecule has 0 unspecified atom stereocenters. The molecule has 4 nitrogen and oxygen atoms in total. The van der Waals surface area contributed by atoms with Crippen molar-refractivity contribution < 1.29 is 22.7 Å². The van der Waals surface area contributed by atoms with Gasteiger partial charge in [-0.2, -0.15) is 18.3 Å². The topological polar surface area (TPSA) is 50.7 Å². The van der Waals surface area contributed by atoms with E-state index < -0.39 is 17.6 Å². The Labute approximate surface area is 175 Å². The highest BCUT2D eigenvalue weighted by molar-refractivity contribution is 6.31. The first-order valence-electron chi connectivity index (χ1n) is 8.80. The van der Waals surface area contributed by atoms with Gasteiger partial charge in [-0.15, -0.1) is 0 Å². The molecule has 0 radical (unpaired) electrons. The Kier molecular flexibility index (Phi) is 6.74. The van der Waals surface area contributed by atoms with Gasteiger partial charge in [0.2, 0.25) is 0 Å². The van der Waals surface area contributed by atoms with E-state index in [1.165, 1.54) is 18.3 Å². The van der Waals surface area contributed by atoms with Crippen LogP contribution in [0.25, 0.3) is 0 Å². The summed E-state index contributed by atoms with van der Waals surface area (Å²) < 4.78 is 44.1. The molecule has 0 atom stereocenters. The molecule has 1 N–H and O–H groups in total. The first-order chi connectivity index (χ1) is 14.3. The number of halogens is 4. The van der Waals surface area contributed by atoms with E-state index in [0.29, 0.717) is 16.3 Å². The lowest BCUT2D eigenvalue weighted by Gasteiger charge is -2.10. The molecule has 0 fully saturated rings. The first kappa shape index (κ1) is 21.4. The van der Waals surface area contributed by atoms with Crippen LogP contribution in [0.4, 0.5) is 13.2 Å². The molecule has 0 bridgehead atoms. The second-order valence-corrected chi connectivity index (χ2v) is 6.60. The van der Waals surface area contributed by atoms with E-state index in [2.05, 4.69) is 10.5 Å². The van der Waals surface area contributed by atoms with E-state index in [-0.39, 0.29) is 12.2 Å². The van der Waals surface area contributed by atoms with Gasteiger partial charge in [-0.3, -0.25) is 4.79 Å². The highest BCUT2D eigenvalue weighted by Gasteiger charge is 2.30. The smallest absolute Gasteiger partial charge is 0.416 e. The molecule has 0 aliphatic rings. The van der Waals surface area contributed by atoms with Crippen molar-refractivity contribution in [3.05, 3.63) is 100 Å². The number of nitrogens with one attached hydrogen (secondary N) is 1. The lowest BCUT2D eigenvalue weighted by Crippen LogP contribution is -2.18. The Bertz CT molecular complexity index is 1070. The Morgan fingerprint density at radius 1 is 1.03 bits per heavy atom. The van der Waals surface area contributed by atoms with E-state index in [4.69, 9.17) is 16.3 Å². The Morgan fingerprint density at radius 2 is 1.77 bits per heavy atom. The summed E-state index contributed by atoms with van der Waals surface area (Å²) in [5.41, 5.74) is 2.56. The SMILES string of the molecule is O=C(N/N=C\c1ccccc1OCc1ccccc1Cl)c1cccc(C(F)(F)F)c1. The Morgan fingerprint density at radius 3 is 2.53 bits per heavy atom. The standard InChI is InChI=1S/C22H16ClF3N2O2/c23-19-10-3-1-7-17(19)14-30-20-11-4-2-6-16(20)13-27-28-21(29)15-8-5-9-18(12-15)22(24,25)26/h1-13H,14H2,(H,28,29)/b27-13-. The molecule has 154 valence electrons.